The number of carbonyl (C=O) groups is 1. The summed E-state index contributed by atoms with van der Waals surface area (Å²) in [4.78, 5) is 15.3. The van der Waals surface area contributed by atoms with Gasteiger partial charge in [-0.3, -0.25) is 0 Å². The van der Waals surface area contributed by atoms with Crippen LogP contribution in [-0.4, -0.2) is 22.6 Å². The van der Waals surface area contributed by atoms with Crippen LogP contribution in [0.2, 0.25) is 0 Å². The van der Waals surface area contributed by atoms with E-state index >= 15 is 0 Å². The molecule has 0 N–H and O–H groups in total. The van der Waals surface area contributed by atoms with Crippen molar-refractivity contribution < 1.29 is 9.53 Å². The minimum Gasteiger partial charge on any atom is -0.466 e. The summed E-state index contributed by atoms with van der Waals surface area (Å²) in [6.45, 7) is 4.11. The number of rotatable bonds is 4. The standard InChI is InChI=1S/C13H18N2O2/c1-10(2)5-7-12-11(14-9-15(12)3)6-8-13(16)17-4/h5-6,8-9H,7H2,1-4H3/b8-6+. The van der Waals surface area contributed by atoms with Crippen LogP contribution in [-0.2, 0) is 23.0 Å². The molecule has 0 saturated heterocycles. The van der Waals surface area contributed by atoms with Crippen molar-refractivity contribution in [3.05, 3.63) is 35.4 Å². The first-order valence-electron chi connectivity index (χ1n) is 5.44. The van der Waals surface area contributed by atoms with E-state index in [1.807, 2.05) is 11.6 Å². The molecule has 4 nitrogen and oxygen atoms in total. The van der Waals surface area contributed by atoms with Gasteiger partial charge in [0.1, 0.15) is 0 Å². The number of hydrogen-bond donors (Lipinski definition) is 0. The lowest BCUT2D eigenvalue weighted by molar-refractivity contribution is -0.134. The SMILES string of the molecule is COC(=O)/C=C/c1ncn(C)c1CC=C(C)C. The number of carbonyl (C=O) groups excluding carboxylic acids is 1. The van der Waals surface area contributed by atoms with E-state index in [0.717, 1.165) is 17.8 Å². The number of imidazole rings is 1. The van der Waals surface area contributed by atoms with Gasteiger partial charge in [-0.2, -0.15) is 0 Å². The van der Waals surface area contributed by atoms with Crippen LogP contribution < -0.4 is 0 Å². The number of ether oxygens (including phenoxy) is 1. The second-order valence-corrected chi connectivity index (χ2v) is 4.03. The highest BCUT2D eigenvalue weighted by molar-refractivity contribution is 5.86. The second kappa shape index (κ2) is 6.03. The Bertz CT molecular complexity index is 452. The number of aromatic nitrogens is 2. The topological polar surface area (TPSA) is 44.1 Å². The molecular formula is C13H18N2O2. The Kier molecular flexibility index (Phi) is 4.69. The zero-order chi connectivity index (χ0) is 12.8. The minimum atomic E-state index is -0.371. The summed E-state index contributed by atoms with van der Waals surface area (Å²) >= 11 is 0. The van der Waals surface area contributed by atoms with Crippen molar-refractivity contribution in [1.29, 1.82) is 0 Å². The van der Waals surface area contributed by atoms with Gasteiger partial charge in [-0.1, -0.05) is 11.6 Å². The van der Waals surface area contributed by atoms with Crippen molar-refractivity contribution in [1.82, 2.24) is 9.55 Å². The predicted octanol–water partition coefficient (Wildman–Crippen LogP) is 2.12. The van der Waals surface area contributed by atoms with Crippen molar-refractivity contribution in [2.45, 2.75) is 20.3 Å². The van der Waals surface area contributed by atoms with Gasteiger partial charge in [0.15, 0.2) is 0 Å². The van der Waals surface area contributed by atoms with Crippen LogP contribution in [0.3, 0.4) is 0 Å². The first-order valence-corrected chi connectivity index (χ1v) is 5.44. The fourth-order valence-corrected chi connectivity index (χ4v) is 1.38. The Hall–Kier alpha value is -1.84. The van der Waals surface area contributed by atoms with E-state index < -0.39 is 0 Å². The van der Waals surface area contributed by atoms with E-state index in [0.29, 0.717) is 0 Å². The summed E-state index contributed by atoms with van der Waals surface area (Å²) in [5.41, 5.74) is 3.14. The minimum absolute atomic E-state index is 0.371. The average Bonchev–Trinajstić information content (AvgIpc) is 2.64. The molecular weight excluding hydrogens is 216 g/mol. The highest BCUT2D eigenvalue weighted by atomic mass is 16.5. The molecule has 0 spiro atoms. The quantitative estimate of drug-likeness (QED) is 0.455. The summed E-state index contributed by atoms with van der Waals surface area (Å²) in [5.74, 6) is -0.371. The van der Waals surface area contributed by atoms with Crippen molar-refractivity contribution in [2.75, 3.05) is 7.11 Å². The highest BCUT2D eigenvalue weighted by Gasteiger charge is 2.05. The molecule has 0 unspecified atom stereocenters. The molecule has 0 atom stereocenters. The van der Waals surface area contributed by atoms with Crippen LogP contribution in [0.15, 0.2) is 24.1 Å². The van der Waals surface area contributed by atoms with Crippen molar-refractivity contribution >= 4 is 12.0 Å². The van der Waals surface area contributed by atoms with E-state index in [-0.39, 0.29) is 5.97 Å². The fraction of sp³-hybridized carbons (Fsp3) is 0.385. The van der Waals surface area contributed by atoms with Crippen molar-refractivity contribution in [3.8, 4) is 0 Å². The van der Waals surface area contributed by atoms with Gasteiger partial charge < -0.3 is 9.30 Å². The lowest BCUT2D eigenvalue weighted by Gasteiger charge is -2.00. The van der Waals surface area contributed by atoms with Crippen LogP contribution in [0.1, 0.15) is 25.2 Å². The Labute approximate surface area is 102 Å². The van der Waals surface area contributed by atoms with E-state index in [1.165, 1.54) is 18.8 Å². The molecule has 0 bridgehead atoms. The monoisotopic (exact) mass is 234 g/mol. The zero-order valence-electron chi connectivity index (χ0n) is 10.7. The van der Waals surface area contributed by atoms with Crippen LogP contribution in [0.4, 0.5) is 0 Å². The lowest BCUT2D eigenvalue weighted by atomic mass is 10.2. The smallest absolute Gasteiger partial charge is 0.330 e. The molecule has 4 heteroatoms. The molecule has 0 aliphatic carbocycles. The molecule has 0 radical (unpaired) electrons. The molecule has 0 aromatic carbocycles. The van der Waals surface area contributed by atoms with E-state index in [4.69, 9.17) is 0 Å². The van der Waals surface area contributed by atoms with Gasteiger partial charge in [0, 0.05) is 25.2 Å². The molecule has 17 heavy (non-hydrogen) atoms. The van der Waals surface area contributed by atoms with E-state index in [9.17, 15) is 4.79 Å². The number of hydrogen-bond acceptors (Lipinski definition) is 3. The fourth-order valence-electron chi connectivity index (χ4n) is 1.38. The molecule has 0 saturated carbocycles. The van der Waals surface area contributed by atoms with E-state index in [1.54, 1.807) is 12.4 Å². The second-order valence-electron chi connectivity index (χ2n) is 4.03. The molecule has 0 aliphatic heterocycles. The number of aryl methyl sites for hydroxylation is 1. The Morgan fingerprint density at radius 3 is 2.82 bits per heavy atom. The van der Waals surface area contributed by atoms with Gasteiger partial charge in [0.2, 0.25) is 0 Å². The van der Waals surface area contributed by atoms with Crippen LogP contribution in [0.5, 0.6) is 0 Å². The van der Waals surface area contributed by atoms with Crippen molar-refractivity contribution in [3.63, 3.8) is 0 Å². The molecule has 0 amide bonds. The number of esters is 1. The molecule has 0 fully saturated rings. The number of methoxy groups -OCH3 is 1. The van der Waals surface area contributed by atoms with Crippen molar-refractivity contribution in [2.24, 2.45) is 7.05 Å². The summed E-state index contributed by atoms with van der Waals surface area (Å²) in [7, 11) is 3.30. The number of allylic oxidation sites excluding steroid dienone is 2. The molecule has 0 aliphatic rings. The Morgan fingerprint density at radius 2 is 2.24 bits per heavy atom. The summed E-state index contributed by atoms with van der Waals surface area (Å²) in [5, 5.41) is 0. The van der Waals surface area contributed by atoms with E-state index in [2.05, 4.69) is 29.6 Å². The molecule has 1 aromatic rings. The first kappa shape index (κ1) is 13.2. The van der Waals surface area contributed by atoms with Gasteiger partial charge in [0.05, 0.1) is 19.1 Å². The highest BCUT2D eigenvalue weighted by Crippen LogP contribution is 2.11. The normalized spacial score (nSPS) is 10.6. The molecule has 92 valence electrons. The Balaban J connectivity index is 2.90. The third-order valence-electron chi connectivity index (χ3n) is 2.37. The third kappa shape index (κ3) is 3.90. The maximum absolute atomic E-state index is 11.0. The van der Waals surface area contributed by atoms with Crippen LogP contribution in [0.25, 0.3) is 6.08 Å². The largest absolute Gasteiger partial charge is 0.466 e. The summed E-state index contributed by atoms with van der Waals surface area (Å²) in [6.07, 6.45) is 7.74. The summed E-state index contributed by atoms with van der Waals surface area (Å²) in [6, 6.07) is 0. The van der Waals surface area contributed by atoms with Gasteiger partial charge in [-0.25, -0.2) is 9.78 Å². The maximum atomic E-state index is 11.0. The average molecular weight is 234 g/mol. The van der Waals surface area contributed by atoms with Gasteiger partial charge in [0.25, 0.3) is 0 Å². The maximum Gasteiger partial charge on any atom is 0.330 e. The van der Waals surface area contributed by atoms with Gasteiger partial charge >= 0.3 is 5.97 Å². The summed E-state index contributed by atoms with van der Waals surface area (Å²) < 4.78 is 6.50. The zero-order valence-corrected chi connectivity index (χ0v) is 10.7. The first-order chi connectivity index (χ1) is 8.04. The van der Waals surface area contributed by atoms with Gasteiger partial charge in [-0.15, -0.1) is 0 Å². The predicted molar refractivity (Wildman–Crippen MR) is 67.4 cm³/mol. The Morgan fingerprint density at radius 1 is 1.53 bits per heavy atom. The lowest BCUT2D eigenvalue weighted by Crippen LogP contribution is -1.97. The third-order valence-corrected chi connectivity index (χ3v) is 2.37. The van der Waals surface area contributed by atoms with Crippen LogP contribution >= 0.6 is 0 Å². The van der Waals surface area contributed by atoms with Gasteiger partial charge in [-0.05, 0) is 19.9 Å². The molecule has 1 rings (SSSR count). The molecule has 1 heterocycles. The van der Waals surface area contributed by atoms with Crippen LogP contribution in [0, 0.1) is 0 Å². The number of nitrogens with zero attached hydrogens (tertiary/aromatic N) is 2. The molecule has 1 aromatic heterocycles.